The van der Waals surface area contributed by atoms with Crippen molar-refractivity contribution in [3.05, 3.63) is 30.1 Å². The zero-order valence-electron chi connectivity index (χ0n) is 9.33. The first-order valence-electron chi connectivity index (χ1n) is 5.37. The second-order valence-corrected chi connectivity index (χ2v) is 3.92. The van der Waals surface area contributed by atoms with Crippen LogP contribution in [0.5, 0.6) is 0 Å². The maximum Gasteiger partial charge on any atom is 0.0293 e. The Kier molecular flexibility index (Phi) is 4.60. The fraction of sp³-hybridized carbons (Fsp3) is 0.583. The maximum atomic E-state index is 4.01. The fourth-order valence-electron chi connectivity index (χ4n) is 1.29. The molecule has 1 N–H and O–H groups in total. The minimum atomic E-state index is 0.423. The molecule has 0 aliphatic carbocycles. The molecule has 1 aromatic heterocycles. The van der Waals surface area contributed by atoms with E-state index in [-0.39, 0.29) is 0 Å². The summed E-state index contributed by atoms with van der Waals surface area (Å²) in [6.07, 6.45) is 4.92. The van der Waals surface area contributed by atoms with Gasteiger partial charge in [-0.05, 0) is 37.1 Å². The molecule has 0 saturated heterocycles. The van der Waals surface area contributed by atoms with Crippen LogP contribution in [0.1, 0.15) is 38.8 Å². The number of nitrogens with zero attached hydrogens (tertiary/aromatic N) is 1. The highest BCUT2D eigenvalue weighted by Gasteiger charge is 2.05. The van der Waals surface area contributed by atoms with Crippen LogP contribution >= 0.6 is 0 Å². The first-order valence-corrected chi connectivity index (χ1v) is 5.37. The van der Waals surface area contributed by atoms with Gasteiger partial charge in [-0.3, -0.25) is 4.98 Å². The lowest BCUT2D eigenvalue weighted by atomic mass is 10.1. The second kappa shape index (κ2) is 5.76. The number of rotatable bonds is 5. The molecule has 2 atom stereocenters. The lowest BCUT2D eigenvalue weighted by molar-refractivity contribution is 0.461. The van der Waals surface area contributed by atoms with Crippen LogP contribution < -0.4 is 5.32 Å². The highest BCUT2D eigenvalue weighted by atomic mass is 14.9. The predicted octanol–water partition coefficient (Wildman–Crippen LogP) is 2.78. The van der Waals surface area contributed by atoms with Crippen LogP contribution in [0.3, 0.4) is 0 Å². The van der Waals surface area contributed by atoms with E-state index in [2.05, 4.69) is 43.2 Å². The van der Waals surface area contributed by atoms with Gasteiger partial charge in [-0.2, -0.15) is 0 Å². The van der Waals surface area contributed by atoms with Gasteiger partial charge in [-0.25, -0.2) is 0 Å². The van der Waals surface area contributed by atoms with Crippen LogP contribution in [0.25, 0.3) is 0 Å². The van der Waals surface area contributed by atoms with Gasteiger partial charge in [0.2, 0.25) is 0 Å². The number of hydrogen-bond donors (Lipinski definition) is 1. The fourth-order valence-corrected chi connectivity index (χ4v) is 1.29. The lowest BCUT2D eigenvalue weighted by Crippen LogP contribution is -2.24. The maximum absolute atomic E-state index is 4.01. The monoisotopic (exact) mass is 192 g/mol. The minimum absolute atomic E-state index is 0.423. The second-order valence-electron chi connectivity index (χ2n) is 3.92. The normalized spacial score (nSPS) is 15.1. The molecule has 0 fully saturated rings. The van der Waals surface area contributed by atoms with E-state index in [0.29, 0.717) is 6.04 Å². The van der Waals surface area contributed by atoms with Crippen molar-refractivity contribution < 1.29 is 0 Å². The molecule has 2 nitrogen and oxygen atoms in total. The SMILES string of the molecule is CCC(C)CNC(C)c1ccncc1. The quantitative estimate of drug-likeness (QED) is 0.776. The highest BCUT2D eigenvalue weighted by molar-refractivity contribution is 5.13. The summed E-state index contributed by atoms with van der Waals surface area (Å²) in [5.74, 6) is 0.749. The van der Waals surface area contributed by atoms with Crippen molar-refractivity contribution in [2.75, 3.05) is 6.54 Å². The number of pyridine rings is 1. The average molecular weight is 192 g/mol. The Morgan fingerprint density at radius 2 is 1.93 bits per heavy atom. The summed E-state index contributed by atoms with van der Waals surface area (Å²) in [4.78, 5) is 4.01. The molecule has 0 aliphatic heterocycles. The third kappa shape index (κ3) is 3.46. The third-order valence-electron chi connectivity index (χ3n) is 2.68. The van der Waals surface area contributed by atoms with Crippen molar-refractivity contribution in [1.82, 2.24) is 10.3 Å². The smallest absolute Gasteiger partial charge is 0.0293 e. The van der Waals surface area contributed by atoms with Gasteiger partial charge >= 0.3 is 0 Å². The van der Waals surface area contributed by atoms with E-state index in [9.17, 15) is 0 Å². The molecule has 1 heterocycles. The summed E-state index contributed by atoms with van der Waals surface area (Å²) >= 11 is 0. The summed E-state index contributed by atoms with van der Waals surface area (Å²) in [5, 5.41) is 3.52. The Labute approximate surface area is 86.8 Å². The van der Waals surface area contributed by atoms with Crippen LogP contribution in [0.2, 0.25) is 0 Å². The predicted molar refractivity (Wildman–Crippen MR) is 60.1 cm³/mol. The Bertz CT molecular complexity index is 246. The van der Waals surface area contributed by atoms with E-state index in [4.69, 9.17) is 0 Å². The van der Waals surface area contributed by atoms with E-state index >= 15 is 0 Å². The van der Waals surface area contributed by atoms with Crippen LogP contribution in [0.4, 0.5) is 0 Å². The van der Waals surface area contributed by atoms with Gasteiger partial charge in [0.15, 0.2) is 0 Å². The van der Waals surface area contributed by atoms with E-state index in [0.717, 1.165) is 12.5 Å². The van der Waals surface area contributed by atoms with Gasteiger partial charge in [-0.1, -0.05) is 20.3 Å². The van der Waals surface area contributed by atoms with Crippen molar-refractivity contribution in [3.8, 4) is 0 Å². The Morgan fingerprint density at radius 3 is 2.50 bits per heavy atom. The molecule has 14 heavy (non-hydrogen) atoms. The molecular weight excluding hydrogens is 172 g/mol. The van der Waals surface area contributed by atoms with Gasteiger partial charge in [0.1, 0.15) is 0 Å². The molecule has 2 unspecified atom stereocenters. The van der Waals surface area contributed by atoms with Crippen molar-refractivity contribution in [2.24, 2.45) is 5.92 Å². The van der Waals surface area contributed by atoms with E-state index in [1.807, 2.05) is 12.4 Å². The van der Waals surface area contributed by atoms with Crippen molar-refractivity contribution in [3.63, 3.8) is 0 Å². The van der Waals surface area contributed by atoms with Gasteiger partial charge in [0.05, 0.1) is 0 Å². The average Bonchev–Trinajstić information content (AvgIpc) is 2.26. The number of aromatic nitrogens is 1. The van der Waals surface area contributed by atoms with Crippen molar-refractivity contribution in [2.45, 2.75) is 33.2 Å². The van der Waals surface area contributed by atoms with Crippen molar-refractivity contribution in [1.29, 1.82) is 0 Å². The molecular formula is C12H20N2. The standard InChI is InChI=1S/C12H20N2/c1-4-10(2)9-14-11(3)12-5-7-13-8-6-12/h5-8,10-11,14H,4,9H2,1-3H3. The molecule has 1 rings (SSSR count). The summed E-state index contributed by atoms with van der Waals surface area (Å²) < 4.78 is 0. The molecule has 0 bridgehead atoms. The minimum Gasteiger partial charge on any atom is -0.310 e. The van der Waals surface area contributed by atoms with Gasteiger partial charge in [0, 0.05) is 18.4 Å². The largest absolute Gasteiger partial charge is 0.310 e. The van der Waals surface area contributed by atoms with E-state index in [1.54, 1.807) is 0 Å². The summed E-state index contributed by atoms with van der Waals surface area (Å²) in [6.45, 7) is 7.77. The zero-order valence-corrected chi connectivity index (χ0v) is 9.33. The summed E-state index contributed by atoms with van der Waals surface area (Å²) in [7, 11) is 0. The molecule has 0 aliphatic rings. The Balaban J connectivity index is 2.39. The molecule has 0 amide bonds. The van der Waals surface area contributed by atoms with E-state index in [1.165, 1.54) is 12.0 Å². The summed E-state index contributed by atoms with van der Waals surface area (Å²) in [5.41, 5.74) is 1.31. The first kappa shape index (κ1) is 11.2. The number of hydrogen-bond acceptors (Lipinski definition) is 2. The number of nitrogens with one attached hydrogen (secondary N) is 1. The molecule has 0 radical (unpaired) electrons. The zero-order chi connectivity index (χ0) is 10.4. The van der Waals surface area contributed by atoms with Gasteiger partial charge in [0.25, 0.3) is 0 Å². The summed E-state index contributed by atoms with van der Waals surface area (Å²) in [6, 6.07) is 4.55. The van der Waals surface area contributed by atoms with Gasteiger partial charge in [-0.15, -0.1) is 0 Å². The molecule has 0 saturated carbocycles. The van der Waals surface area contributed by atoms with Gasteiger partial charge < -0.3 is 5.32 Å². The van der Waals surface area contributed by atoms with E-state index < -0.39 is 0 Å². The van der Waals surface area contributed by atoms with Crippen LogP contribution in [-0.4, -0.2) is 11.5 Å². The molecule has 0 aromatic carbocycles. The van der Waals surface area contributed by atoms with Crippen LogP contribution in [0, 0.1) is 5.92 Å². The molecule has 2 heteroatoms. The lowest BCUT2D eigenvalue weighted by Gasteiger charge is -2.16. The third-order valence-corrected chi connectivity index (χ3v) is 2.68. The molecule has 1 aromatic rings. The van der Waals surface area contributed by atoms with Crippen molar-refractivity contribution >= 4 is 0 Å². The Morgan fingerprint density at radius 1 is 1.29 bits per heavy atom. The van der Waals surface area contributed by atoms with Crippen LogP contribution in [0.15, 0.2) is 24.5 Å². The first-order chi connectivity index (χ1) is 6.74. The Hall–Kier alpha value is -0.890. The molecule has 78 valence electrons. The topological polar surface area (TPSA) is 24.9 Å². The highest BCUT2D eigenvalue weighted by Crippen LogP contribution is 2.11. The van der Waals surface area contributed by atoms with Crippen LogP contribution in [-0.2, 0) is 0 Å². The molecule has 0 spiro atoms.